The fraction of sp³-hybridized carbons (Fsp3) is 0.0625. The smallest absolute Gasteiger partial charge is 0.257 e. The van der Waals surface area contributed by atoms with Gasteiger partial charge in [-0.25, -0.2) is 4.98 Å². The average Bonchev–Trinajstić information content (AvgIpc) is 2.92. The van der Waals surface area contributed by atoms with Crippen molar-refractivity contribution in [2.75, 3.05) is 10.6 Å². The fourth-order valence-electron chi connectivity index (χ4n) is 1.99. The molecule has 0 aliphatic heterocycles. The molecule has 3 aromatic rings. The maximum Gasteiger partial charge on any atom is 0.257 e. The number of aryl methyl sites for hydroxylation is 1. The zero-order valence-electron chi connectivity index (χ0n) is 12.5. The van der Waals surface area contributed by atoms with Crippen LogP contribution in [0.2, 0.25) is 10.0 Å². The summed E-state index contributed by atoms with van der Waals surface area (Å²) in [6, 6.07) is 9.87. The van der Waals surface area contributed by atoms with Crippen molar-refractivity contribution in [2.45, 2.75) is 6.92 Å². The third-order valence-electron chi connectivity index (χ3n) is 3.03. The monoisotopic (exact) mass is 362 g/mol. The van der Waals surface area contributed by atoms with Crippen molar-refractivity contribution in [1.29, 1.82) is 0 Å². The van der Waals surface area contributed by atoms with Crippen LogP contribution in [0, 0.1) is 6.92 Å². The lowest BCUT2D eigenvalue weighted by Gasteiger charge is -2.07. The largest absolute Gasteiger partial charge is 0.360 e. The van der Waals surface area contributed by atoms with Gasteiger partial charge in [0.15, 0.2) is 5.82 Å². The normalized spacial score (nSPS) is 10.5. The van der Waals surface area contributed by atoms with Crippen molar-refractivity contribution in [2.24, 2.45) is 0 Å². The molecule has 1 amide bonds. The Morgan fingerprint density at radius 1 is 1.08 bits per heavy atom. The SMILES string of the molecule is Cc1cc(Nc2ccc(C(=O)Nc3cc(Cl)cc(Cl)c3)cn2)no1. The number of benzene rings is 1. The van der Waals surface area contributed by atoms with Crippen molar-refractivity contribution in [3.63, 3.8) is 0 Å². The van der Waals surface area contributed by atoms with E-state index in [-0.39, 0.29) is 5.91 Å². The minimum Gasteiger partial charge on any atom is -0.360 e. The van der Waals surface area contributed by atoms with E-state index >= 15 is 0 Å². The fourth-order valence-corrected chi connectivity index (χ4v) is 2.51. The summed E-state index contributed by atoms with van der Waals surface area (Å²) < 4.78 is 4.96. The summed E-state index contributed by atoms with van der Waals surface area (Å²) in [5.74, 6) is 1.47. The molecule has 1 aromatic carbocycles. The minimum atomic E-state index is -0.315. The standard InChI is InChI=1S/C16H12Cl2N4O2/c1-9-4-15(22-24-9)21-14-3-2-10(8-19-14)16(23)20-13-6-11(17)5-12(18)7-13/h2-8H,1H3,(H,20,23)(H,19,21,22). The van der Waals surface area contributed by atoms with Crippen LogP contribution >= 0.6 is 23.2 Å². The molecule has 2 heterocycles. The number of nitrogens with zero attached hydrogens (tertiary/aromatic N) is 2. The molecule has 0 bridgehead atoms. The second-order valence-electron chi connectivity index (χ2n) is 4.99. The summed E-state index contributed by atoms with van der Waals surface area (Å²) in [6.45, 7) is 1.79. The first-order valence-corrected chi connectivity index (χ1v) is 7.69. The summed E-state index contributed by atoms with van der Waals surface area (Å²) in [5, 5.41) is 10.4. The van der Waals surface area contributed by atoms with E-state index in [9.17, 15) is 4.79 Å². The van der Waals surface area contributed by atoms with Gasteiger partial charge in [0.1, 0.15) is 11.6 Å². The first-order chi connectivity index (χ1) is 11.5. The Balaban J connectivity index is 1.69. The van der Waals surface area contributed by atoms with Crippen LogP contribution in [-0.2, 0) is 0 Å². The van der Waals surface area contributed by atoms with Gasteiger partial charge in [0.05, 0.1) is 5.56 Å². The summed E-state index contributed by atoms with van der Waals surface area (Å²) >= 11 is 11.8. The van der Waals surface area contributed by atoms with E-state index in [2.05, 4.69) is 20.8 Å². The second kappa shape index (κ2) is 6.90. The van der Waals surface area contributed by atoms with Gasteiger partial charge in [0, 0.05) is 28.0 Å². The molecule has 0 radical (unpaired) electrons. The Kier molecular flexibility index (Phi) is 4.69. The van der Waals surface area contributed by atoms with Crippen LogP contribution < -0.4 is 10.6 Å². The quantitative estimate of drug-likeness (QED) is 0.704. The average molecular weight is 363 g/mol. The number of anilines is 3. The molecule has 0 spiro atoms. The Bertz CT molecular complexity index is 858. The summed E-state index contributed by atoms with van der Waals surface area (Å²) in [4.78, 5) is 16.4. The van der Waals surface area contributed by atoms with Crippen LogP contribution in [0.1, 0.15) is 16.1 Å². The summed E-state index contributed by atoms with van der Waals surface area (Å²) in [5.41, 5.74) is 0.908. The topological polar surface area (TPSA) is 80.0 Å². The van der Waals surface area contributed by atoms with Crippen LogP contribution in [0.3, 0.4) is 0 Å². The molecule has 0 aliphatic rings. The van der Waals surface area contributed by atoms with Crippen LogP contribution in [0.25, 0.3) is 0 Å². The van der Waals surface area contributed by atoms with Crippen molar-refractivity contribution in [3.8, 4) is 0 Å². The number of pyridine rings is 1. The Morgan fingerprint density at radius 3 is 2.42 bits per heavy atom. The number of aromatic nitrogens is 2. The number of hydrogen-bond donors (Lipinski definition) is 2. The maximum absolute atomic E-state index is 12.2. The minimum absolute atomic E-state index is 0.315. The van der Waals surface area contributed by atoms with Crippen molar-refractivity contribution in [1.82, 2.24) is 10.1 Å². The van der Waals surface area contributed by atoms with Gasteiger partial charge in [-0.3, -0.25) is 4.79 Å². The number of rotatable bonds is 4. The number of halogens is 2. The molecular formula is C16H12Cl2N4O2. The van der Waals surface area contributed by atoms with Gasteiger partial charge in [-0.1, -0.05) is 28.4 Å². The molecule has 0 saturated carbocycles. The van der Waals surface area contributed by atoms with Gasteiger partial charge in [-0.15, -0.1) is 0 Å². The molecule has 0 fully saturated rings. The van der Waals surface area contributed by atoms with Gasteiger partial charge in [0.25, 0.3) is 5.91 Å². The molecule has 0 atom stereocenters. The van der Waals surface area contributed by atoms with Crippen LogP contribution in [0.4, 0.5) is 17.3 Å². The number of hydrogen-bond acceptors (Lipinski definition) is 5. The Morgan fingerprint density at radius 2 is 1.83 bits per heavy atom. The van der Waals surface area contributed by atoms with E-state index < -0.39 is 0 Å². The second-order valence-corrected chi connectivity index (χ2v) is 5.87. The molecule has 0 unspecified atom stereocenters. The molecule has 0 saturated heterocycles. The molecule has 0 aliphatic carbocycles. The van der Waals surface area contributed by atoms with Crippen LogP contribution in [0.15, 0.2) is 47.1 Å². The lowest BCUT2D eigenvalue weighted by molar-refractivity contribution is 0.102. The molecule has 24 heavy (non-hydrogen) atoms. The summed E-state index contributed by atoms with van der Waals surface area (Å²) in [7, 11) is 0. The third-order valence-corrected chi connectivity index (χ3v) is 3.47. The van der Waals surface area contributed by atoms with Gasteiger partial charge < -0.3 is 15.2 Å². The van der Waals surface area contributed by atoms with E-state index in [1.54, 1.807) is 43.3 Å². The predicted molar refractivity (Wildman–Crippen MR) is 93.2 cm³/mol. The highest BCUT2D eigenvalue weighted by Gasteiger charge is 2.09. The Hall–Kier alpha value is -2.57. The highest BCUT2D eigenvalue weighted by Crippen LogP contribution is 2.23. The van der Waals surface area contributed by atoms with Crippen molar-refractivity contribution >= 4 is 46.4 Å². The first kappa shape index (κ1) is 16.3. The van der Waals surface area contributed by atoms with E-state index in [4.69, 9.17) is 27.7 Å². The van der Waals surface area contributed by atoms with E-state index in [0.717, 1.165) is 0 Å². The number of nitrogens with one attached hydrogen (secondary N) is 2. The Labute approximate surface area is 147 Å². The zero-order chi connectivity index (χ0) is 17.1. The molecule has 8 heteroatoms. The molecule has 2 aromatic heterocycles. The molecule has 122 valence electrons. The zero-order valence-corrected chi connectivity index (χ0v) is 14.0. The predicted octanol–water partition coefficient (Wildman–Crippen LogP) is 4.68. The lowest BCUT2D eigenvalue weighted by Crippen LogP contribution is -2.12. The van der Waals surface area contributed by atoms with Gasteiger partial charge in [-0.2, -0.15) is 0 Å². The van der Waals surface area contributed by atoms with Crippen molar-refractivity contribution < 1.29 is 9.32 Å². The van der Waals surface area contributed by atoms with Gasteiger partial charge in [0.2, 0.25) is 0 Å². The van der Waals surface area contributed by atoms with E-state index in [1.165, 1.54) is 6.20 Å². The van der Waals surface area contributed by atoms with E-state index in [0.29, 0.717) is 38.7 Å². The highest BCUT2D eigenvalue weighted by molar-refractivity contribution is 6.35. The first-order valence-electron chi connectivity index (χ1n) is 6.93. The number of carbonyl (C=O) groups excluding carboxylic acids is 1. The van der Waals surface area contributed by atoms with Crippen molar-refractivity contribution in [3.05, 3.63) is 64.0 Å². The maximum atomic E-state index is 12.2. The molecule has 2 N–H and O–H groups in total. The van der Waals surface area contributed by atoms with Crippen LogP contribution in [0.5, 0.6) is 0 Å². The molecular weight excluding hydrogens is 351 g/mol. The van der Waals surface area contributed by atoms with E-state index in [1.807, 2.05) is 0 Å². The molecule has 3 rings (SSSR count). The van der Waals surface area contributed by atoms with Gasteiger partial charge >= 0.3 is 0 Å². The highest BCUT2D eigenvalue weighted by atomic mass is 35.5. The number of carbonyl (C=O) groups is 1. The third kappa shape index (κ3) is 4.04. The number of amides is 1. The summed E-state index contributed by atoms with van der Waals surface area (Å²) in [6.07, 6.45) is 1.46. The lowest BCUT2D eigenvalue weighted by atomic mass is 10.2. The van der Waals surface area contributed by atoms with Gasteiger partial charge in [-0.05, 0) is 37.3 Å². The molecule has 6 nitrogen and oxygen atoms in total. The van der Waals surface area contributed by atoms with Crippen LogP contribution in [-0.4, -0.2) is 16.0 Å².